The van der Waals surface area contributed by atoms with Gasteiger partial charge in [-0.25, -0.2) is 4.79 Å². The van der Waals surface area contributed by atoms with Gasteiger partial charge >= 0.3 is 5.97 Å². The molecule has 0 fully saturated rings. The molecule has 0 saturated heterocycles. The Labute approximate surface area is 204 Å². The van der Waals surface area contributed by atoms with Crippen LogP contribution in [0.15, 0.2) is 77.1 Å². The van der Waals surface area contributed by atoms with E-state index in [4.69, 9.17) is 16.3 Å². The molecule has 2 aromatic rings. The Balaban J connectivity index is 1.73. The second-order valence-electron chi connectivity index (χ2n) is 8.28. The summed E-state index contributed by atoms with van der Waals surface area (Å²) in [6.07, 6.45) is 1.11. The second-order valence-corrected chi connectivity index (χ2v) is 10.1. The Morgan fingerprint density at radius 2 is 1.85 bits per heavy atom. The number of Topliss-reactive ketones (excluding diaryl/α,β-unsaturated/α-hetero) is 1. The van der Waals surface area contributed by atoms with Crippen molar-refractivity contribution in [2.75, 3.05) is 18.1 Å². The van der Waals surface area contributed by atoms with Gasteiger partial charge in [0.1, 0.15) is 6.61 Å². The van der Waals surface area contributed by atoms with Crippen molar-refractivity contribution in [3.63, 3.8) is 0 Å². The molecule has 0 spiro atoms. The third-order valence-corrected chi connectivity index (χ3v) is 7.41. The third kappa shape index (κ3) is 5.04. The number of rotatable bonds is 7. The molecule has 172 valence electrons. The standard InChI is InChI=1S/C27H28ClNO3S/c1-3-33-14-13-32-27(31)24-17(2)29-22-15-19(18-9-5-4-6-10-18)16-23(30)26(22)25(24)20-11-7-8-12-21(20)28/h4-12,19,25,29H,3,13-16H2,1-2H3/t19-,25+/m0/s1. The van der Waals surface area contributed by atoms with E-state index in [1.807, 2.05) is 43.3 Å². The highest BCUT2D eigenvalue weighted by atomic mass is 35.5. The maximum absolute atomic E-state index is 13.6. The quantitative estimate of drug-likeness (QED) is 0.388. The minimum absolute atomic E-state index is 0.0434. The van der Waals surface area contributed by atoms with Crippen molar-refractivity contribution in [2.45, 2.75) is 38.5 Å². The number of hydrogen-bond acceptors (Lipinski definition) is 5. The number of esters is 1. The molecule has 0 radical (unpaired) electrons. The minimum Gasteiger partial charge on any atom is -0.461 e. The zero-order valence-electron chi connectivity index (χ0n) is 18.9. The van der Waals surface area contributed by atoms with Crippen LogP contribution in [0.25, 0.3) is 0 Å². The van der Waals surface area contributed by atoms with E-state index in [0.717, 1.165) is 28.3 Å². The first-order valence-corrected chi connectivity index (χ1v) is 12.8. The smallest absolute Gasteiger partial charge is 0.336 e. The summed E-state index contributed by atoms with van der Waals surface area (Å²) in [4.78, 5) is 26.8. The Bertz CT molecular complexity index is 1110. The lowest BCUT2D eigenvalue weighted by atomic mass is 9.71. The molecule has 33 heavy (non-hydrogen) atoms. The van der Waals surface area contributed by atoms with Crippen molar-refractivity contribution in [3.05, 3.63) is 93.3 Å². The van der Waals surface area contributed by atoms with Crippen LogP contribution in [0.5, 0.6) is 0 Å². The number of benzene rings is 2. The lowest BCUT2D eigenvalue weighted by Gasteiger charge is -2.37. The Morgan fingerprint density at radius 3 is 2.58 bits per heavy atom. The van der Waals surface area contributed by atoms with Gasteiger partial charge in [-0.1, -0.05) is 67.1 Å². The van der Waals surface area contributed by atoms with E-state index in [9.17, 15) is 9.59 Å². The number of thioether (sulfide) groups is 1. The number of hydrogen-bond donors (Lipinski definition) is 1. The molecule has 2 atom stereocenters. The van der Waals surface area contributed by atoms with Gasteiger partial charge in [-0.2, -0.15) is 11.8 Å². The van der Waals surface area contributed by atoms with Crippen molar-refractivity contribution >= 4 is 35.1 Å². The van der Waals surface area contributed by atoms with Gasteiger partial charge < -0.3 is 10.1 Å². The van der Waals surface area contributed by atoms with Crippen LogP contribution in [0.2, 0.25) is 5.02 Å². The van der Waals surface area contributed by atoms with E-state index in [2.05, 4.69) is 24.4 Å². The van der Waals surface area contributed by atoms with E-state index in [-0.39, 0.29) is 11.7 Å². The topological polar surface area (TPSA) is 55.4 Å². The average molecular weight is 482 g/mol. The van der Waals surface area contributed by atoms with Crippen LogP contribution in [0.4, 0.5) is 0 Å². The van der Waals surface area contributed by atoms with E-state index >= 15 is 0 Å². The van der Waals surface area contributed by atoms with Crippen LogP contribution in [0, 0.1) is 0 Å². The first-order valence-electron chi connectivity index (χ1n) is 11.3. The average Bonchev–Trinajstić information content (AvgIpc) is 2.81. The molecule has 1 heterocycles. The zero-order chi connectivity index (χ0) is 23.4. The van der Waals surface area contributed by atoms with Gasteiger partial charge in [0.2, 0.25) is 0 Å². The van der Waals surface area contributed by atoms with Crippen LogP contribution in [-0.4, -0.2) is 29.9 Å². The van der Waals surface area contributed by atoms with Crippen LogP contribution in [0.1, 0.15) is 49.7 Å². The number of carbonyl (C=O) groups is 2. The van der Waals surface area contributed by atoms with E-state index < -0.39 is 11.9 Å². The number of ketones is 1. The highest BCUT2D eigenvalue weighted by Crippen LogP contribution is 2.47. The van der Waals surface area contributed by atoms with Crippen molar-refractivity contribution in [1.29, 1.82) is 0 Å². The molecule has 0 amide bonds. The van der Waals surface area contributed by atoms with E-state index in [1.165, 1.54) is 0 Å². The molecule has 4 rings (SSSR count). The molecule has 6 heteroatoms. The Hall–Kier alpha value is -2.50. The fourth-order valence-electron chi connectivity index (χ4n) is 4.71. The van der Waals surface area contributed by atoms with Crippen molar-refractivity contribution in [2.24, 2.45) is 0 Å². The molecular formula is C27H28ClNO3S. The lowest BCUT2D eigenvalue weighted by molar-refractivity contribution is -0.138. The normalized spacial score (nSPS) is 20.4. The second kappa shape index (κ2) is 10.6. The summed E-state index contributed by atoms with van der Waals surface area (Å²) in [5, 5.41) is 3.93. The molecular weight excluding hydrogens is 454 g/mol. The number of ether oxygens (including phenoxy) is 1. The first kappa shape index (κ1) is 23.7. The summed E-state index contributed by atoms with van der Waals surface area (Å²) in [6, 6.07) is 17.6. The summed E-state index contributed by atoms with van der Waals surface area (Å²) in [5.41, 5.74) is 4.60. The SMILES string of the molecule is CCSCCOC(=O)C1=C(C)NC2=C(C(=O)C[C@@H](c3ccccc3)C2)[C@@H]1c1ccccc1Cl. The van der Waals surface area contributed by atoms with Crippen molar-refractivity contribution in [1.82, 2.24) is 5.32 Å². The van der Waals surface area contributed by atoms with Crippen LogP contribution in [-0.2, 0) is 14.3 Å². The molecule has 0 unspecified atom stereocenters. The summed E-state index contributed by atoms with van der Waals surface area (Å²) < 4.78 is 5.62. The molecule has 2 aliphatic rings. The monoisotopic (exact) mass is 481 g/mol. The highest BCUT2D eigenvalue weighted by Gasteiger charge is 2.42. The van der Waals surface area contributed by atoms with Gasteiger partial charge in [-0.3, -0.25) is 4.79 Å². The predicted octanol–water partition coefficient (Wildman–Crippen LogP) is 6.00. The lowest BCUT2D eigenvalue weighted by Crippen LogP contribution is -2.36. The van der Waals surface area contributed by atoms with Crippen LogP contribution in [0.3, 0.4) is 0 Å². The molecule has 2 aromatic carbocycles. The third-order valence-electron chi connectivity index (χ3n) is 6.20. The molecule has 0 aromatic heterocycles. The molecule has 0 saturated carbocycles. The highest BCUT2D eigenvalue weighted by molar-refractivity contribution is 7.99. The molecule has 1 aliphatic carbocycles. The molecule has 1 N–H and O–H groups in total. The van der Waals surface area contributed by atoms with Gasteiger partial charge in [0.25, 0.3) is 0 Å². The van der Waals surface area contributed by atoms with Crippen molar-refractivity contribution < 1.29 is 14.3 Å². The summed E-state index contributed by atoms with van der Waals surface area (Å²) in [5.74, 6) is 0.920. The molecule has 0 bridgehead atoms. The maximum atomic E-state index is 13.6. The number of dihydropyridines is 1. The minimum atomic E-state index is -0.537. The fourth-order valence-corrected chi connectivity index (χ4v) is 5.44. The summed E-state index contributed by atoms with van der Waals surface area (Å²) in [7, 11) is 0. The van der Waals surface area contributed by atoms with Gasteiger partial charge in [-0.05, 0) is 42.2 Å². The molecule has 1 aliphatic heterocycles. The van der Waals surface area contributed by atoms with Gasteiger partial charge in [0.05, 0.1) is 5.57 Å². The number of halogens is 1. The summed E-state index contributed by atoms with van der Waals surface area (Å²) in [6.45, 7) is 4.28. The van der Waals surface area contributed by atoms with Crippen LogP contribution >= 0.6 is 23.4 Å². The predicted molar refractivity (Wildman–Crippen MR) is 134 cm³/mol. The number of carbonyl (C=O) groups excluding carboxylic acids is 2. The van der Waals surface area contributed by atoms with Gasteiger partial charge in [0.15, 0.2) is 5.78 Å². The van der Waals surface area contributed by atoms with Gasteiger partial charge in [-0.15, -0.1) is 0 Å². The van der Waals surface area contributed by atoms with Crippen molar-refractivity contribution in [3.8, 4) is 0 Å². The summed E-state index contributed by atoms with van der Waals surface area (Å²) >= 11 is 8.31. The zero-order valence-corrected chi connectivity index (χ0v) is 20.5. The molecule has 4 nitrogen and oxygen atoms in total. The maximum Gasteiger partial charge on any atom is 0.336 e. The van der Waals surface area contributed by atoms with Gasteiger partial charge in [0, 0.05) is 40.1 Å². The number of nitrogens with one attached hydrogen (secondary N) is 1. The Morgan fingerprint density at radius 1 is 1.12 bits per heavy atom. The first-order chi connectivity index (χ1) is 16.0. The fraction of sp³-hybridized carbons (Fsp3) is 0.333. The number of allylic oxidation sites excluding steroid dienone is 3. The largest absolute Gasteiger partial charge is 0.461 e. The Kier molecular flexibility index (Phi) is 7.61. The van der Waals surface area contributed by atoms with E-state index in [1.54, 1.807) is 17.8 Å². The van der Waals surface area contributed by atoms with Crippen LogP contribution < -0.4 is 5.32 Å². The van der Waals surface area contributed by atoms with E-state index in [0.29, 0.717) is 41.3 Å².